The summed E-state index contributed by atoms with van der Waals surface area (Å²) in [5.41, 5.74) is 3.91. The van der Waals surface area contributed by atoms with Gasteiger partial charge in [0.15, 0.2) is 0 Å². The molecule has 0 aliphatic rings. The molecule has 1 N–H and O–H groups in total. The fourth-order valence-corrected chi connectivity index (χ4v) is 2.64. The molecule has 1 aromatic heterocycles. The van der Waals surface area contributed by atoms with Crippen molar-refractivity contribution in [3.05, 3.63) is 29.6 Å². The largest absolute Gasteiger partial charge is 0.314 e. The first-order valence-electron chi connectivity index (χ1n) is 7.43. The van der Waals surface area contributed by atoms with Gasteiger partial charge in [-0.3, -0.25) is 4.68 Å². The Labute approximate surface area is 118 Å². The number of aromatic nitrogens is 2. The predicted molar refractivity (Wildman–Crippen MR) is 82.5 cm³/mol. The van der Waals surface area contributed by atoms with Crippen LogP contribution in [0.15, 0.2) is 12.7 Å². The summed E-state index contributed by atoms with van der Waals surface area (Å²) in [6.07, 6.45) is 7.91. The van der Waals surface area contributed by atoms with Crippen LogP contribution >= 0.6 is 0 Å². The van der Waals surface area contributed by atoms with E-state index >= 15 is 0 Å². The maximum Gasteiger partial charge on any atom is 0.0628 e. The lowest BCUT2D eigenvalue weighted by Crippen LogP contribution is -2.29. The predicted octanol–water partition coefficient (Wildman–Crippen LogP) is 3.30. The van der Waals surface area contributed by atoms with Crippen LogP contribution in [0.25, 0.3) is 0 Å². The summed E-state index contributed by atoms with van der Waals surface area (Å²) in [4.78, 5) is 0. The van der Waals surface area contributed by atoms with Gasteiger partial charge in [0.2, 0.25) is 0 Å². The van der Waals surface area contributed by atoms with Crippen molar-refractivity contribution in [2.75, 3.05) is 6.54 Å². The average Bonchev–Trinajstić information content (AvgIpc) is 2.61. The lowest BCUT2D eigenvalue weighted by molar-refractivity contribution is 0.452. The molecule has 0 saturated heterocycles. The van der Waals surface area contributed by atoms with Crippen LogP contribution in [0.4, 0.5) is 0 Å². The number of aryl methyl sites for hydroxylation is 2. The molecular formula is C16H29N3. The number of nitrogens with zero attached hydrogens (tertiary/aromatic N) is 2. The van der Waals surface area contributed by atoms with E-state index in [0.717, 1.165) is 19.4 Å². The Morgan fingerprint density at radius 1 is 1.37 bits per heavy atom. The summed E-state index contributed by atoms with van der Waals surface area (Å²) in [6, 6.07) is 0.615. The molecule has 1 rings (SSSR count). The molecule has 108 valence electrons. The highest BCUT2D eigenvalue weighted by Gasteiger charge is 2.12. The normalized spacial score (nSPS) is 12.6. The Morgan fingerprint density at radius 2 is 2.11 bits per heavy atom. The minimum atomic E-state index is 0.615. The van der Waals surface area contributed by atoms with E-state index in [4.69, 9.17) is 0 Å². The fourth-order valence-electron chi connectivity index (χ4n) is 2.64. The van der Waals surface area contributed by atoms with Crippen molar-refractivity contribution in [2.45, 2.75) is 58.9 Å². The van der Waals surface area contributed by atoms with Gasteiger partial charge in [0, 0.05) is 18.8 Å². The second-order valence-corrected chi connectivity index (χ2v) is 5.29. The molecule has 0 aliphatic heterocycles. The molecule has 0 bridgehead atoms. The molecule has 0 spiro atoms. The van der Waals surface area contributed by atoms with Crippen LogP contribution in [0, 0.1) is 13.8 Å². The zero-order valence-electron chi connectivity index (χ0n) is 13.0. The van der Waals surface area contributed by atoms with E-state index in [1.54, 1.807) is 0 Å². The molecule has 0 amide bonds. The number of hydrogen-bond acceptors (Lipinski definition) is 2. The van der Waals surface area contributed by atoms with Crippen LogP contribution in [0.2, 0.25) is 0 Å². The summed E-state index contributed by atoms with van der Waals surface area (Å²) in [5.74, 6) is 0. The van der Waals surface area contributed by atoms with Crippen molar-refractivity contribution in [3.8, 4) is 0 Å². The van der Waals surface area contributed by atoms with Gasteiger partial charge < -0.3 is 5.32 Å². The smallest absolute Gasteiger partial charge is 0.0628 e. The second kappa shape index (κ2) is 8.16. The first-order valence-corrected chi connectivity index (χ1v) is 7.43. The van der Waals surface area contributed by atoms with E-state index < -0.39 is 0 Å². The SMILES string of the molecule is C=CCCCC(CCc1c(C)nn(C)c1C)NCC. The molecule has 1 unspecified atom stereocenters. The van der Waals surface area contributed by atoms with Gasteiger partial charge in [0.1, 0.15) is 0 Å². The van der Waals surface area contributed by atoms with E-state index in [1.165, 1.54) is 36.2 Å². The summed E-state index contributed by atoms with van der Waals surface area (Å²) < 4.78 is 1.99. The Kier molecular flexibility index (Phi) is 6.85. The molecule has 0 fully saturated rings. The summed E-state index contributed by atoms with van der Waals surface area (Å²) >= 11 is 0. The van der Waals surface area contributed by atoms with E-state index in [2.05, 4.69) is 37.8 Å². The van der Waals surface area contributed by atoms with Gasteiger partial charge in [-0.05, 0) is 58.1 Å². The lowest BCUT2D eigenvalue weighted by Gasteiger charge is -2.17. The quantitative estimate of drug-likeness (QED) is 0.547. The van der Waals surface area contributed by atoms with Crippen LogP contribution in [0.5, 0.6) is 0 Å². The number of rotatable bonds is 9. The third-order valence-corrected chi connectivity index (χ3v) is 3.86. The number of nitrogens with one attached hydrogen (secondary N) is 1. The fraction of sp³-hybridized carbons (Fsp3) is 0.688. The van der Waals surface area contributed by atoms with Crippen molar-refractivity contribution in [2.24, 2.45) is 7.05 Å². The van der Waals surface area contributed by atoms with Gasteiger partial charge in [-0.1, -0.05) is 13.0 Å². The van der Waals surface area contributed by atoms with E-state index in [1.807, 2.05) is 17.8 Å². The van der Waals surface area contributed by atoms with Crippen LogP contribution in [-0.2, 0) is 13.5 Å². The third-order valence-electron chi connectivity index (χ3n) is 3.86. The van der Waals surface area contributed by atoms with Crippen molar-refractivity contribution in [3.63, 3.8) is 0 Å². The molecule has 3 heteroatoms. The molecule has 1 heterocycles. The van der Waals surface area contributed by atoms with Gasteiger partial charge in [-0.2, -0.15) is 5.10 Å². The molecule has 0 saturated carbocycles. The third kappa shape index (κ3) is 4.83. The van der Waals surface area contributed by atoms with Gasteiger partial charge >= 0.3 is 0 Å². The molecule has 0 aromatic carbocycles. The van der Waals surface area contributed by atoms with Crippen molar-refractivity contribution in [1.29, 1.82) is 0 Å². The topological polar surface area (TPSA) is 29.9 Å². The molecular weight excluding hydrogens is 234 g/mol. The highest BCUT2D eigenvalue weighted by Crippen LogP contribution is 2.16. The number of hydrogen-bond donors (Lipinski definition) is 1. The highest BCUT2D eigenvalue weighted by molar-refractivity contribution is 5.24. The van der Waals surface area contributed by atoms with Gasteiger partial charge in [-0.25, -0.2) is 0 Å². The molecule has 19 heavy (non-hydrogen) atoms. The molecule has 1 aromatic rings. The lowest BCUT2D eigenvalue weighted by atomic mass is 9.99. The zero-order chi connectivity index (χ0) is 14.3. The summed E-state index contributed by atoms with van der Waals surface area (Å²) in [5, 5.41) is 8.09. The number of unbranched alkanes of at least 4 members (excludes halogenated alkanes) is 1. The Balaban J connectivity index is 2.52. The van der Waals surface area contributed by atoms with Crippen molar-refractivity contribution < 1.29 is 0 Å². The second-order valence-electron chi connectivity index (χ2n) is 5.29. The van der Waals surface area contributed by atoms with E-state index in [9.17, 15) is 0 Å². The van der Waals surface area contributed by atoms with Gasteiger partial charge in [0.05, 0.1) is 5.69 Å². The molecule has 3 nitrogen and oxygen atoms in total. The maximum atomic E-state index is 4.49. The molecule has 0 radical (unpaired) electrons. The molecule has 1 atom stereocenters. The van der Waals surface area contributed by atoms with Crippen molar-refractivity contribution in [1.82, 2.24) is 15.1 Å². The van der Waals surface area contributed by atoms with Gasteiger partial charge in [-0.15, -0.1) is 6.58 Å². The van der Waals surface area contributed by atoms with Crippen LogP contribution in [0.1, 0.15) is 49.6 Å². The Hall–Kier alpha value is -1.09. The zero-order valence-corrected chi connectivity index (χ0v) is 13.0. The Morgan fingerprint density at radius 3 is 2.63 bits per heavy atom. The standard InChI is InChI=1S/C16H29N3/c1-6-8-9-10-15(17-7-2)11-12-16-13(3)18-19(5)14(16)4/h6,15,17H,1,7-12H2,2-5H3. The van der Waals surface area contributed by atoms with Crippen LogP contribution in [0.3, 0.4) is 0 Å². The summed E-state index contributed by atoms with van der Waals surface area (Å²) in [7, 11) is 2.03. The van der Waals surface area contributed by atoms with Gasteiger partial charge in [0.25, 0.3) is 0 Å². The van der Waals surface area contributed by atoms with Crippen LogP contribution < -0.4 is 5.32 Å². The minimum absolute atomic E-state index is 0.615. The number of allylic oxidation sites excluding steroid dienone is 1. The first kappa shape index (κ1) is 16.0. The Bertz CT molecular complexity index is 393. The monoisotopic (exact) mass is 263 g/mol. The van der Waals surface area contributed by atoms with E-state index in [0.29, 0.717) is 6.04 Å². The first-order chi connectivity index (χ1) is 9.10. The van der Waals surface area contributed by atoms with Crippen LogP contribution in [-0.4, -0.2) is 22.4 Å². The average molecular weight is 263 g/mol. The van der Waals surface area contributed by atoms with Crippen molar-refractivity contribution >= 4 is 0 Å². The minimum Gasteiger partial charge on any atom is -0.314 e. The molecule has 0 aliphatic carbocycles. The maximum absolute atomic E-state index is 4.49. The summed E-state index contributed by atoms with van der Waals surface area (Å²) in [6.45, 7) is 11.3. The van der Waals surface area contributed by atoms with E-state index in [-0.39, 0.29) is 0 Å². The highest BCUT2D eigenvalue weighted by atomic mass is 15.3.